The molecule has 2 aliphatic rings. The van der Waals surface area contributed by atoms with Gasteiger partial charge in [0.25, 0.3) is 0 Å². The van der Waals surface area contributed by atoms with Gasteiger partial charge < -0.3 is 15.2 Å². The molecule has 0 aliphatic heterocycles. The second-order valence-electron chi connectivity index (χ2n) is 6.19. The predicted molar refractivity (Wildman–Crippen MR) is 79.6 cm³/mol. The maximum Gasteiger partial charge on any atom is 0.407 e. The molecule has 4 atom stereocenters. The number of fused-ring (bicyclic) bond motifs is 1. The topological polar surface area (TPSA) is 58.6 Å². The van der Waals surface area contributed by atoms with Crippen molar-refractivity contribution >= 4 is 6.09 Å². The molecular formula is C17H23NO3. The highest BCUT2D eigenvalue weighted by atomic mass is 16.5. The Morgan fingerprint density at radius 3 is 2.62 bits per heavy atom. The maximum absolute atomic E-state index is 11.9. The van der Waals surface area contributed by atoms with E-state index in [1.165, 1.54) is 19.3 Å². The Morgan fingerprint density at radius 2 is 1.90 bits per heavy atom. The standard InChI is InChI=1S/C17H23NO3/c19-10-15-13-8-4-5-9-14(13)16(15)18-17(20)21-11-12-6-2-1-3-7-12/h1-3,6-7,13-16,19H,4-5,8-11H2,(H,18,20)/t13-,14+,15-,16-/m1/s1. The summed E-state index contributed by atoms with van der Waals surface area (Å²) in [4.78, 5) is 11.9. The van der Waals surface area contributed by atoms with Crippen LogP contribution in [-0.4, -0.2) is 23.8 Å². The number of carbonyl (C=O) groups excluding carboxylic acids is 1. The Bertz CT molecular complexity index is 470. The van der Waals surface area contributed by atoms with Crippen molar-refractivity contribution in [3.05, 3.63) is 35.9 Å². The highest BCUT2D eigenvalue weighted by molar-refractivity contribution is 5.68. The van der Waals surface area contributed by atoms with E-state index in [2.05, 4.69) is 5.32 Å². The molecule has 0 unspecified atom stereocenters. The van der Waals surface area contributed by atoms with Crippen molar-refractivity contribution < 1.29 is 14.6 Å². The molecule has 0 spiro atoms. The Morgan fingerprint density at radius 1 is 1.19 bits per heavy atom. The predicted octanol–water partition coefficient (Wildman–Crippen LogP) is 2.71. The quantitative estimate of drug-likeness (QED) is 0.896. The van der Waals surface area contributed by atoms with E-state index in [1.54, 1.807) is 0 Å². The lowest BCUT2D eigenvalue weighted by molar-refractivity contribution is -0.0480. The van der Waals surface area contributed by atoms with Gasteiger partial charge in [0.1, 0.15) is 6.61 Å². The van der Waals surface area contributed by atoms with Crippen molar-refractivity contribution in [2.45, 2.75) is 38.3 Å². The first-order valence-corrected chi connectivity index (χ1v) is 7.87. The zero-order valence-electron chi connectivity index (χ0n) is 12.2. The van der Waals surface area contributed by atoms with Crippen LogP contribution in [0.3, 0.4) is 0 Å². The molecule has 1 aromatic rings. The minimum absolute atomic E-state index is 0.0866. The summed E-state index contributed by atoms with van der Waals surface area (Å²) in [6.07, 6.45) is 4.46. The van der Waals surface area contributed by atoms with Crippen LogP contribution in [0.25, 0.3) is 0 Å². The number of hydrogen-bond acceptors (Lipinski definition) is 3. The fourth-order valence-electron chi connectivity index (χ4n) is 3.97. The SMILES string of the molecule is O=C(N[C@H]1[C@H](CO)[C@@H]2CCCC[C@@H]21)OCc1ccccc1. The second kappa shape index (κ2) is 6.48. The van der Waals surface area contributed by atoms with Gasteiger partial charge in [0, 0.05) is 18.6 Å². The molecule has 2 N–H and O–H groups in total. The molecule has 21 heavy (non-hydrogen) atoms. The lowest BCUT2D eigenvalue weighted by Gasteiger charge is -2.54. The van der Waals surface area contributed by atoms with Crippen LogP contribution in [0.4, 0.5) is 4.79 Å². The number of ether oxygens (including phenoxy) is 1. The smallest absolute Gasteiger partial charge is 0.407 e. The molecule has 3 rings (SSSR count). The first-order chi connectivity index (χ1) is 10.3. The zero-order chi connectivity index (χ0) is 14.7. The summed E-state index contributed by atoms with van der Waals surface area (Å²) in [6, 6.07) is 9.75. The molecule has 0 saturated heterocycles. The van der Waals surface area contributed by atoms with Crippen molar-refractivity contribution in [2.75, 3.05) is 6.61 Å². The average Bonchev–Trinajstić information content (AvgIpc) is 2.52. The second-order valence-corrected chi connectivity index (χ2v) is 6.19. The van der Waals surface area contributed by atoms with E-state index in [1.807, 2.05) is 30.3 Å². The number of aliphatic hydroxyl groups excluding tert-OH is 1. The molecule has 114 valence electrons. The first kappa shape index (κ1) is 14.4. The van der Waals surface area contributed by atoms with E-state index in [0.717, 1.165) is 12.0 Å². The van der Waals surface area contributed by atoms with Gasteiger partial charge in [-0.2, -0.15) is 0 Å². The van der Waals surface area contributed by atoms with Crippen LogP contribution in [0, 0.1) is 17.8 Å². The van der Waals surface area contributed by atoms with Crippen LogP contribution in [0.2, 0.25) is 0 Å². The number of benzene rings is 1. The van der Waals surface area contributed by atoms with Gasteiger partial charge in [-0.15, -0.1) is 0 Å². The van der Waals surface area contributed by atoms with Gasteiger partial charge in [0.05, 0.1) is 0 Å². The third kappa shape index (κ3) is 3.05. The lowest BCUT2D eigenvalue weighted by atomic mass is 9.55. The number of alkyl carbamates (subject to hydrolysis) is 1. The minimum atomic E-state index is -0.369. The average molecular weight is 289 g/mol. The minimum Gasteiger partial charge on any atom is -0.445 e. The third-order valence-corrected chi connectivity index (χ3v) is 5.06. The maximum atomic E-state index is 11.9. The van der Waals surface area contributed by atoms with Crippen molar-refractivity contribution in [1.29, 1.82) is 0 Å². The van der Waals surface area contributed by atoms with Crippen LogP contribution >= 0.6 is 0 Å². The summed E-state index contributed by atoms with van der Waals surface area (Å²) in [6.45, 7) is 0.447. The van der Waals surface area contributed by atoms with E-state index >= 15 is 0 Å². The zero-order valence-corrected chi connectivity index (χ0v) is 12.2. The molecule has 2 saturated carbocycles. The molecule has 0 bridgehead atoms. The molecule has 0 radical (unpaired) electrons. The van der Waals surface area contributed by atoms with Crippen LogP contribution in [0.5, 0.6) is 0 Å². The monoisotopic (exact) mass is 289 g/mol. The van der Waals surface area contributed by atoms with E-state index in [9.17, 15) is 9.90 Å². The van der Waals surface area contributed by atoms with Gasteiger partial charge in [-0.25, -0.2) is 4.79 Å². The van der Waals surface area contributed by atoms with E-state index in [4.69, 9.17) is 4.74 Å². The van der Waals surface area contributed by atoms with Crippen molar-refractivity contribution in [1.82, 2.24) is 5.32 Å². The van der Waals surface area contributed by atoms with Gasteiger partial charge in [-0.1, -0.05) is 43.2 Å². The van der Waals surface area contributed by atoms with E-state index in [-0.39, 0.29) is 31.3 Å². The normalized spacial score (nSPS) is 30.9. The van der Waals surface area contributed by atoms with Crippen molar-refractivity contribution in [3.63, 3.8) is 0 Å². The number of rotatable bonds is 4. The number of hydrogen-bond donors (Lipinski definition) is 2. The molecule has 2 aliphatic carbocycles. The Labute approximate surface area is 125 Å². The molecule has 4 nitrogen and oxygen atoms in total. The Kier molecular flexibility index (Phi) is 4.44. The lowest BCUT2D eigenvalue weighted by Crippen LogP contribution is -2.62. The van der Waals surface area contributed by atoms with Crippen LogP contribution in [-0.2, 0) is 11.3 Å². The highest BCUT2D eigenvalue weighted by Crippen LogP contribution is 2.49. The van der Waals surface area contributed by atoms with Gasteiger partial charge in [-0.05, 0) is 30.2 Å². The van der Waals surface area contributed by atoms with Crippen LogP contribution in [0.1, 0.15) is 31.2 Å². The fraction of sp³-hybridized carbons (Fsp3) is 0.588. The molecule has 1 aromatic carbocycles. The largest absolute Gasteiger partial charge is 0.445 e. The van der Waals surface area contributed by atoms with Crippen LogP contribution in [0.15, 0.2) is 30.3 Å². The summed E-state index contributed by atoms with van der Waals surface area (Å²) in [7, 11) is 0. The van der Waals surface area contributed by atoms with Crippen LogP contribution < -0.4 is 5.32 Å². The Balaban J connectivity index is 1.50. The Hall–Kier alpha value is -1.55. The third-order valence-electron chi connectivity index (χ3n) is 5.06. The summed E-state index contributed by atoms with van der Waals surface area (Å²) in [5, 5.41) is 12.5. The number of carbonyl (C=O) groups is 1. The number of nitrogens with one attached hydrogen (secondary N) is 1. The summed E-state index contributed by atoms with van der Waals surface area (Å²) in [5.41, 5.74) is 0.982. The number of aliphatic hydroxyl groups is 1. The van der Waals surface area contributed by atoms with Crippen molar-refractivity contribution in [3.8, 4) is 0 Å². The summed E-state index contributed by atoms with van der Waals surface area (Å²) in [5.74, 6) is 1.32. The first-order valence-electron chi connectivity index (χ1n) is 7.87. The van der Waals surface area contributed by atoms with Gasteiger partial charge >= 0.3 is 6.09 Å². The van der Waals surface area contributed by atoms with E-state index in [0.29, 0.717) is 11.8 Å². The molecule has 2 fully saturated rings. The molecule has 1 amide bonds. The molecular weight excluding hydrogens is 266 g/mol. The molecule has 0 aromatic heterocycles. The van der Waals surface area contributed by atoms with E-state index < -0.39 is 0 Å². The van der Waals surface area contributed by atoms with Crippen molar-refractivity contribution in [2.24, 2.45) is 17.8 Å². The fourth-order valence-corrected chi connectivity index (χ4v) is 3.97. The molecule has 0 heterocycles. The van der Waals surface area contributed by atoms with Gasteiger partial charge in [0.2, 0.25) is 0 Å². The highest BCUT2D eigenvalue weighted by Gasteiger charge is 2.51. The summed E-state index contributed by atoms with van der Waals surface area (Å²) < 4.78 is 5.28. The van der Waals surface area contributed by atoms with Gasteiger partial charge in [-0.3, -0.25) is 0 Å². The summed E-state index contributed by atoms with van der Waals surface area (Å²) >= 11 is 0. The van der Waals surface area contributed by atoms with Gasteiger partial charge in [0.15, 0.2) is 0 Å². The number of amides is 1. The molecule has 4 heteroatoms.